The fourth-order valence-electron chi connectivity index (χ4n) is 5.84. The van der Waals surface area contributed by atoms with E-state index in [0.29, 0.717) is 0 Å². The van der Waals surface area contributed by atoms with Gasteiger partial charge in [-0.3, -0.25) is 9.79 Å². The molecule has 6 rings (SSSR count). The van der Waals surface area contributed by atoms with E-state index in [2.05, 4.69) is 91.9 Å². The summed E-state index contributed by atoms with van der Waals surface area (Å²) in [5.74, 6) is 0.415. The van der Waals surface area contributed by atoms with Crippen LogP contribution in [0.25, 0.3) is 22.3 Å². The Labute approximate surface area is 201 Å². The van der Waals surface area contributed by atoms with E-state index in [0.717, 1.165) is 53.5 Å². The van der Waals surface area contributed by atoms with Crippen LogP contribution in [-0.2, 0) is 11.2 Å². The highest BCUT2D eigenvalue weighted by Gasteiger charge is 2.35. The van der Waals surface area contributed by atoms with E-state index >= 15 is 0 Å². The standard InChI is InChI=1S/C32H27NO/c1-2-29-27-19-24-17-16-23(21-10-5-3-6-11-21)18-26(24)28(20-34)31(22-12-7-4-8-13-22)25-14-9-15-30(33-29)32(25)27/h3-12,14-18,20,22,27H,2,13,19H2,1H3/b31-28-. The molecule has 0 saturated heterocycles. The van der Waals surface area contributed by atoms with Gasteiger partial charge in [0, 0.05) is 23.1 Å². The van der Waals surface area contributed by atoms with Gasteiger partial charge in [-0.2, -0.15) is 0 Å². The number of hydrogen-bond donors (Lipinski definition) is 0. The van der Waals surface area contributed by atoms with Gasteiger partial charge in [0.05, 0.1) is 5.69 Å². The van der Waals surface area contributed by atoms with Gasteiger partial charge in [0.1, 0.15) is 0 Å². The summed E-state index contributed by atoms with van der Waals surface area (Å²) in [6.45, 7) is 2.20. The topological polar surface area (TPSA) is 29.4 Å². The Morgan fingerprint density at radius 2 is 1.82 bits per heavy atom. The lowest BCUT2D eigenvalue weighted by Gasteiger charge is -2.29. The van der Waals surface area contributed by atoms with Crippen LogP contribution in [0.2, 0.25) is 0 Å². The van der Waals surface area contributed by atoms with Crippen LogP contribution in [0.5, 0.6) is 0 Å². The minimum Gasteiger partial charge on any atom is -0.298 e. The number of rotatable bonds is 4. The maximum atomic E-state index is 12.9. The Morgan fingerprint density at radius 1 is 0.941 bits per heavy atom. The molecule has 34 heavy (non-hydrogen) atoms. The van der Waals surface area contributed by atoms with Crippen molar-refractivity contribution in [2.45, 2.75) is 32.1 Å². The van der Waals surface area contributed by atoms with Crippen molar-refractivity contribution in [3.05, 3.63) is 113 Å². The molecule has 166 valence electrons. The number of benzene rings is 3. The Bertz CT molecular complexity index is 1400. The molecule has 2 atom stereocenters. The predicted molar refractivity (Wildman–Crippen MR) is 141 cm³/mol. The second-order valence-electron chi connectivity index (χ2n) is 9.29. The first-order valence-electron chi connectivity index (χ1n) is 12.2. The van der Waals surface area contributed by atoms with Gasteiger partial charge in [0.25, 0.3) is 0 Å². The number of hydrogen-bond acceptors (Lipinski definition) is 2. The van der Waals surface area contributed by atoms with Gasteiger partial charge in [0.15, 0.2) is 6.29 Å². The Kier molecular flexibility index (Phi) is 5.22. The van der Waals surface area contributed by atoms with E-state index in [4.69, 9.17) is 4.99 Å². The first kappa shape index (κ1) is 20.8. The fraction of sp³-hybridized carbons (Fsp3) is 0.188. The van der Waals surface area contributed by atoms with E-state index in [1.807, 2.05) is 6.07 Å². The SMILES string of the molecule is CCC1=Nc2cccc3c2C1Cc1ccc(-c2ccccc2)cc1/C(C=O)=C\3C1C=CC=CC1. The molecule has 0 bridgehead atoms. The molecule has 3 aromatic rings. The molecule has 0 amide bonds. The molecule has 3 aliphatic rings. The average molecular weight is 442 g/mol. The van der Waals surface area contributed by atoms with Crippen molar-refractivity contribution in [2.24, 2.45) is 10.9 Å². The van der Waals surface area contributed by atoms with Crippen molar-refractivity contribution in [1.82, 2.24) is 0 Å². The smallest absolute Gasteiger partial charge is 0.150 e. The summed E-state index contributed by atoms with van der Waals surface area (Å²) in [7, 11) is 0. The third-order valence-corrected chi connectivity index (χ3v) is 7.44. The quantitative estimate of drug-likeness (QED) is 0.381. The molecule has 1 aliphatic heterocycles. The zero-order valence-electron chi connectivity index (χ0n) is 19.4. The number of carbonyl (C=O) groups excluding carboxylic acids is 1. The van der Waals surface area contributed by atoms with Gasteiger partial charge < -0.3 is 0 Å². The molecular weight excluding hydrogens is 414 g/mol. The summed E-state index contributed by atoms with van der Waals surface area (Å²) in [5, 5.41) is 0. The molecule has 2 heteroatoms. The monoisotopic (exact) mass is 441 g/mol. The largest absolute Gasteiger partial charge is 0.298 e. The number of nitrogens with zero attached hydrogens (tertiary/aromatic N) is 1. The normalized spacial score (nSPS) is 22.4. The third kappa shape index (κ3) is 3.33. The van der Waals surface area contributed by atoms with Crippen LogP contribution >= 0.6 is 0 Å². The third-order valence-electron chi connectivity index (χ3n) is 7.44. The summed E-state index contributed by atoms with van der Waals surface area (Å²) in [6, 6.07) is 23.5. The van der Waals surface area contributed by atoms with Crippen LogP contribution in [0.3, 0.4) is 0 Å². The Morgan fingerprint density at radius 3 is 2.59 bits per heavy atom. The minimum atomic E-state index is 0.161. The molecule has 0 fully saturated rings. The Hall–Kier alpha value is -3.78. The molecule has 0 spiro atoms. The number of aliphatic imine (C=N–C) groups is 1. The van der Waals surface area contributed by atoms with E-state index in [1.165, 1.54) is 28.0 Å². The zero-order valence-corrected chi connectivity index (χ0v) is 19.4. The Balaban J connectivity index is 1.66. The molecule has 3 aromatic carbocycles. The first-order chi connectivity index (χ1) is 16.8. The van der Waals surface area contributed by atoms with Crippen LogP contribution in [0.15, 0.2) is 96.0 Å². The lowest BCUT2D eigenvalue weighted by molar-refractivity contribution is -0.103. The highest BCUT2D eigenvalue weighted by molar-refractivity contribution is 6.20. The molecule has 2 unspecified atom stereocenters. The van der Waals surface area contributed by atoms with Crippen LogP contribution < -0.4 is 0 Å². The molecule has 0 saturated carbocycles. The van der Waals surface area contributed by atoms with Crippen molar-refractivity contribution in [1.29, 1.82) is 0 Å². The van der Waals surface area contributed by atoms with E-state index in [-0.39, 0.29) is 11.8 Å². The molecule has 0 radical (unpaired) electrons. The van der Waals surface area contributed by atoms with Crippen LogP contribution in [0, 0.1) is 5.92 Å². The second kappa shape index (κ2) is 8.53. The summed E-state index contributed by atoms with van der Waals surface area (Å²) >= 11 is 0. The molecular formula is C32H27NO. The number of carbonyl (C=O) groups is 1. The summed E-state index contributed by atoms with van der Waals surface area (Å²) in [6.07, 6.45) is 12.4. The zero-order chi connectivity index (χ0) is 23.1. The van der Waals surface area contributed by atoms with Crippen molar-refractivity contribution in [3.8, 4) is 11.1 Å². The second-order valence-corrected chi connectivity index (χ2v) is 9.29. The van der Waals surface area contributed by atoms with Crippen LogP contribution in [-0.4, -0.2) is 12.0 Å². The fourth-order valence-corrected chi connectivity index (χ4v) is 5.84. The lowest BCUT2D eigenvalue weighted by Crippen LogP contribution is -2.18. The van der Waals surface area contributed by atoms with E-state index < -0.39 is 0 Å². The van der Waals surface area contributed by atoms with Gasteiger partial charge >= 0.3 is 0 Å². The van der Waals surface area contributed by atoms with Crippen LogP contribution in [0.1, 0.15) is 47.9 Å². The van der Waals surface area contributed by atoms with Gasteiger partial charge in [0.2, 0.25) is 0 Å². The molecule has 2 aliphatic carbocycles. The van der Waals surface area contributed by atoms with E-state index in [9.17, 15) is 4.79 Å². The number of allylic oxidation sites excluding steroid dienone is 6. The van der Waals surface area contributed by atoms with Crippen molar-refractivity contribution < 1.29 is 4.79 Å². The van der Waals surface area contributed by atoms with Gasteiger partial charge in [-0.1, -0.05) is 85.8 Å². The maximum absolute atomic E-state index is 12.9. The summed E-state index contributed by atoms with van der Waals surface area (Å²) in [5.41, 5.74) is 11.4. The first-order valence-corrected chi connectivity index (χ1v) is 12.2. The number of aldehydes is 1. The van der Waals surface area contributed by atoms with Gasteiger partial charge in [-0.05, 0) is 70.3 Å². The summed E-state index contributed by atoms with van der Waals surface area (Å²) < 4.78 is 0. The predicted octanol–water partition coefficient (Wildman–Crippen LogP) is 7.73. The minimum absolute atomic E-state index is 0.161. The van der Waals surface area contributed by atoms with Crippen molar-refractivity contribution in [3.63, 3.8) is 0 Å². The number of fused-ring (bicyclic) bond motifs is 1. The molecule has 0 aromatic heterocycles. The molecule has 1 heterocycles. The van der Waals surface area contributed by atoms with Crippen molar-refractivity contribution in [2.75, 3.05) is 0 Å². The average Bonchev–Trinajstić information content (AvgIpc) is 3.25. The molecule has 2 nitrogen and oxygen atoms in total. The maximum Gasteiger partial charge on any atom is 0.150 e. The highest BCUT2D eigenvalue weighted by Crippen LogP contribution is 2.49. The van der Waals surface area contributed by atoms with Gasteiger partial charge in [-0.15, -0.1) is 0 Å². The highest BCUT2D eigenvalue weighted by atomic mass is 16.1. The van der Waals surface area contributed by atoms with Gasteiger partial charge in [-0.25, -0.2) is 0 Å². The van der Waals surface area contributed by atoms with E-state index in [1.54, 1.807) is 0 Å². The molecule has 0 N–H and O–H groups in total. The lowest BCUT2D eigenvalue weighted by atomic mass is 9.73. The summed E-state index contributed by atoms with van der Waals surface area (Å²) in [4.78, 5) is 17.9. The van der Waals surface area contributed by atoms with Crippen molar-refractivity contribution >= 4 is 28.8 Å². The van der Waals surface area contributed by atoms with Crippen LogP contribution in [0.4, 0.5) is 5.69 Å².